The number of phenols is 1. The molecule has 0 saturated carbocycles. The van der Waals surface area contributed by atoms with Crippen LogP contribution in [0.1, 0.15) is 46.3 Å². The zero-order valence-corrected chi connectivity index (χ0v) is 19.1. The van der Waals surface area contributed by atoms with Crippen LogP contribution >= 0.6 is 0 Å². The predicted octanol–water partition coefficient (Wildman–Crippen LogP) is 6.14. The number of aromatic hydroxyl groups is 1. The lowest BCUT2D eigenvalue weighted by atomic mass is 9.95. The fraction of sp³-hybridized carbons (Fsp3) is 0.233. The van der Waals surface area contributed by atoms with Gasteiger partial charge in [0.1, 0.15) is 11.5 Å². The highest BCUT2D eigenvalue weighted by atomic mass is 16.5. The number of allylic oxidation sites excluding steroid dienone is 4. The Morgan fingerprint density at radius 1 is 0.912 bits per heavy atom. The van der Waals surface area contributed by atoms with Crippen molar-refractivity contribution in [1.29, 1.82) is 0 Å². The number of hydrogen-bond donors (Lipinski definition) is 1. The van der Waals surface area contributed by atoms with Crippen molar-refractivity contribution in [2.45, 2.75) is 32.2 Å². The average Bonchev–Trinajstić information content (AvgIpc) is 3.43. The number of rotatable bonds is 4. The molecule has 170 valence electrons. The molecule has 1 saturated heterocycles. The molecule has 3 aromatic rings. The largest absolute Gasteiger partial charge is 0.507 e. The number of carbonyl (C=O) groups excluding carboxylic acids is 1. The number of Topliss-reactive ketones (excluding diaryl/α,β-unsaturated/α-hetero) is 1. The molecule has 0 atom stereocenters. The minimum atomic E-state index is -0.127. The molecule has 6 rings (SSSR count). The Morgan fingerprint density at radius 2 is 1.68 bits per heavy atom. The number of phenolic OH excluding ortho intramolecular Hbond substituents is 1. The first-order valence-electron chi connectivity index (χ1n) is 12.1. The smallest absolute Gasteiger partial charge is 0.232 e. The molecule has 0 unspecified atom stereocenters. The SMILES string of the molecule is O=C1/C(=C/C2=CCc3ccccc32)Oc2c1cc(-c1ccccc1)c(O)c2CN1CCCCC1. The molecule has 4 nitrogen and oxygen atoms in total. The van der Waals surface area contributed by atoms with Crippen LogP contribution in [0.25, 0.3) is 16.7 Å². The number of benzene rings is 3. The molecule has 3 aromatic carbocycles. The zero-order valence-electron chi connectivity index (χ0n) is 19.1. The fourth-order valence-corrected chi connectivity index (χ4v) is 5.29. The van der Waals surface area contributed by atoms with Gasteiger partial charge in [-0.05, 0) is 66.8 Å². The number of ether oxygens (including phenoxy) is 1. The number of likely N-dealkylation sites (tertiary alicyclic amines) is 1. The molecule has 0 amide bonds. The van der Waals surface area contributed by atoms with Crippen LogP contribution < -0.4 is 4.74 Å². The van der Waals surface area contributed by atoms with Crippen LogP contribution in [-0.2, 0) is 13.0 Å². The van der Waals surface area contributed by atoms with Crippen molar-refractivity contribution in [2.75, 3.05) is 13.1 Å². The average molecular weight is 450 g/mol. The summed E-state index contributed by atoms with van der Waals surface area (Å²) in [4.78, 5) is 15.9. The first-order chi connectivity index (χ1) is 16.7. The Kier molecular flexibility index (Phi) is 5.31. The third-order valence-corrected chi connectivity index (χ3v) is 7.10. The third kappa shape index (κ3) is 3.64. The Balaban J connectivity index is 1.43. The Morgan fingerprint density at radius 3 is 2.50 bits per heavy atom. The highest BCUT2D eigenvalue weighted by Gasteiger charge is 2.34. The van der Waals surface area contributed by atoms with Gasteiger partial charge in [-0.3, -0.25) is 9.69 Å². The molecule has 0 bridgehead atoms. The summed E-state index contributed by atoms with van der Waals surface area (Å²) in [5.74, 6) is 0.903. The normalized spacial score (nSPS) is 18.5. The van der Waals surface area contributed by atoms with Crippen molar-refractivity contribution in [2.24, 2.45) is 0 Å². The van der Waals surface area contributed by atoms with Crippen LogP contribution in [0, 0.1) is 0 Å². The topological polar surface area (TPSA) is 49.8 Å². The molecule has 34 heavy (non-hydrogen) atoms. The fourth-order valence-electron chi connectivity index (χ4n) is 5.29. The highest BCUT2D eigenvalue weighted by Crippen LogP contribution is 2.46. The number of fused-ring (bicyclic) bond motifs is 2. The van der Waals surface area contributed by atoms with E-state index in [4.69, 9.17) is 4.74 Å². The number of piperidine rings is 1. The molecule has 0 aromatic heterocycles. The lowest BCUT2D eigenvalue weighted by Crippen LogP contribution is -2.29. The molecule has 3 aliphatic rings. The number of hydrogen-bond acceptors (Lipinski definition) is 4. The minimum absolute atomic E-state index is 0.127. The summed E-state index contributed by atoms with van der Waals surface area (Å²) < 4.78 is 6.22. The molecule has 2 aliphatic heterocycles. The van der Waals surface area contributed by atoms with Crippen LogP contribution in [-0.4, -0.2) is 28.9 Å². The zero-order chi connectivity index (χ0) is 23.1. The van der Waals surface area contributed by atoms with Gasteiger partial charge in [0, 0.05) is 12.1 Å². The molecule has 0 radical (unpaired) electrons. The maximum atomic E-state index is 13.5. The van der Waals surface area contributed by atoms with E-state index in [9.17, 15) is 9.90 Å². The summed E-state index contributed by atoms with van der Waals surface area (Å²) in [5, 5.41) is 11.4. The van der Waals surface area contributed by atoms with Gasteiger partial charge in [0.05, 0.1) is 11.1 Å². The van der Waals surface area contributed by atoms with E-state index in [2.05, 4.69) is 23.1 Å². The van der Waals surface area contributed by atoms with E-state index in [-0.39, 0.29) is 11.5 Å². The molecule has 0 spiro atoms. The van der Waals surface area contributed by atoms with E-state index in [1.54, 1.807) is 6.07 Å². The van der Waals surface area contributed by atoms with Crippen LogP contribution in [0.4, 0.5) is 0 Å². The molecule has 1 aliphatic carbocycles. The van der Waals surface area contributed by atoms with Gasteiger partial charge in [0.2, 0.25) is 5.78 Å². The summed E-state index contributed by atoms with van der Waals surface area (Å²) >= 11 is 0. The third-order valence-electron chi connectivity index (χ3n) is 7.10. The first kappa shape index (κ1) is 20.9. The van der Waals surface area contributed by atoms with Crippen molar-refractivity contribution >= 4 is 11.4 Å². The van der Waals surface area contributed by atoms with Gasteiger partial charge in [-0.1, -0.05) is 67.1 Å². The quantitative estimate of drug-likeness (QED) is 0.486. The van der Waals surface area contributed by atoms with Crippen LogP contribution in [0.15, 0.2) is 78.6 Å². The number of ketones is 1. The Hall–Kier alpha value is -3.63. The maximum absolute atomic E-state index is 13.5. The Labute approximate surface area is 199 Å². The van der Waals surface area contributed by atoms with E-state index in [0.717, 1.165) is 49.1 Å². The van der Waals surface area contributed by atoms with Crippen molar-refractivity contribution in [1.82, 2.24) is 4.90 Å². The summed E-state index contributed by atoms with van der Waals surface area (Å²) in [6.07, 6.45) is 8.40. The van der Waals surface area contributed by atoms with E-state index in [1.807, 2.05) is 48.5 Å². The highest BCUT2D eigenvalue weighted by molar-refractivity contribution is 6.14. The van der Waals surface area contributed by atoms with Gasteiger partial charge < -0.3 is 9.84 Å². The molecular formula is C30H27NO3. The van der Waals surface area contributed by atoms with Crippen molar-refractivity contribution in [3.8, 4) is 22.6 Å². The van der Waals surface area contributed by atoms with Crippen molar-refractivity contribution in [3.63, 3.8) is 0 Å². The van der Waals surface area contributed by atoms with Crippen LogP contribution in [0.2, 0.25) is 0 Å². The van der Waals surface area contributed by atoms with Crippen LogP contribution in [0.3, 0.4) is 0 Å². The van der Waals surface area contributed by atoms with Crippen LogP contribution in [0.5, 0.6) is 11.5 Å². The van der Waals surface area contributed by atoms with Gasteiger partial charge in [-0.15, -0.1) is 0 Å². The van der Waals surface area contributed by atoms with Gasteiger partial charge in [0.15, 0.2) is 5.76 Å². The van der Waals surface area contributed by atoms with Crippen molar-refractivity contribution < 1.29 is 14.6 Å². The molecule has 4 heteroatoms. The Bertz CT molecular complexity index is 1330. The molecule has 1 fully saturated rings. The van der Waals surface area contributed by atoms with E-state index in [0.29, 0.717) is 34.7 Å². The van der Waals surface area contributed by atoms with Gasteiger partial charge in [-0.2, -0.15) is 0 Å². The summed E-state index contributed by atoms with van der Waals surface area (Å²) in [5.41, 5.74) is 6.21. The molecule has 1 N–H and O–H groups in total. The summed E-state index contributed by atoms with van der Waals surface area (Å²) in [7, 11) is 0. The van der Waals surface area contributed by atoms with Gasteiger partial charge in [-0.25, -0.2) is 0 Å². The van der Waals surface area contributed by atoms with E-state index < -0.39 is 0 Å². The van der Waals surface area contributed by atoms with Crippen molar-refractivity contribution in [3.05, 3.63) is 101 Å². The summed E-state index contributed by atoms with van der Waals surface area (Å²) in [6.45, 7) is 2.55. The second kappa shape index (κ2) is 8.62. The summed E-state index contributed by atoms with van der Waals surface area (Å²) in [6, 6.07) is 19.8. The monoisotopic (exact) mass is 449 g/mol. The predicted molar refractivity (Wildman–Crippen MR) is 134 cm³/mol. The van der Waals surface area contributed by atoms with Gasteiger partial charge >= 0.3 is 0 Å². The van der Waals surface area contributed by atoms with E-state index >= 15 is 0 Å². The lowest BCUT2D eigenvalue weighted by Gasteiger charge is -2.27. The second-order valence-corrected chi connectivity index (χ2v) is 9.29. The maximum Gasteiger partial charge on any atom is 0.232 e. The number of carbonyl (C=O) groups is 1. The second-order valence-electron chi connectivity index (χ2n) is 9.29. The lowest BCUT2D eigenvalue weighted by molar-refractivity contribution is 0.101. The minimum Gasteiger partial charge on any atom is -0.507 e. The standard InChI is InChI=1S/C30H27NO3/c32-28-24(20-9-3-1-4-10-20)18-25-29(33)27(17-22-14-13-21-11-5-6-12-23(21)22)34-30(25)26(28)19-31-15-7-2-8-16-31/h1,3-6,9-12,14,17-18,32H,2,7-8,13,15-16,19H2/b27-17-. The van der Waals surface area contributed by atoms with E-state index in [1.165, 1.54) is 12.0 Å². The molecule has 2 heterocycles. The van der Waals surface area contributed by atoms with Gasteiger partial charge in [0.25, 0.3) is 0 Å². The molecular weight excluding hydrogens is 422 g/mol. The first-order valence-corrected chi connectivity index (χ1v) is 12.1. The number of nitrogens with zero attached hydrogens (tertiary/aromatic N) is 1.